The quantitative estimate of drug-likeness (QED) is 0.843. The summed E-state index contributed by atoms with van der Waals surface area (Å²) >= 11 is 3.37. The molecule has 3 atom stereocenters. The van der Waals surface area contributed by atoms with Crippen molar-refractivity contribution in [3.05, 3.63) is 34.3 Å². The first-order valence-electron chi connectivity index (χ1n) is 5.32. The number of halogens is 1. The maximum atomic E-state index is 9.62. The Balaban J connectivity index is 1.69. The van der Waals surface area contributed by atoms with Gasteiger partial charge in [0.15, 0.2) is 0 Å². The summed E-state index contributed by atoms with van der Waals surface area (Å²) in [6, 6.07) is 7.93. The van der Waals surface area contributed by atoms with Crippen molar-refractivity contribution in [2.75, 3.05) is 6.61 Å². The third kappa shape index (κ3) is 3.28. The van der Waals surface area contributed by atoms with Crippen molar-refractivity contribution in [3.63, 3.8) is 0 Å². The Bertz CT molecular complexity index is 339. The molecule has 2 rings (SSSR count). The topological polar surface area (TPSA) is 42.0 Å². The second-order valence-electron chi connectivity index (χ2n) is 4.01. The Hall–Kier alpha value is -0.420. The van der Waals surface area contributed by atoms with E-state index in [4.69, 9.17) is 9.47 Å². The largest absolute Gasteiger partial charge is 0.388 e. The number of aliphatic hydroxyl groups excluding tert-OH is 1. The Morgan fingerprint density at radius 2 is 2.06 bits per heavy atom. The van der Waals surface area contributed by atoms with Crippen LogP contribution in [0.1, 0.15) is 12.5 Å². The van der Waals surface area contributed by atoms with Gasteiger partial charge in [0, 0.05) is 4.47 Å². The highest BCUT2D eigenvalue weighted by Crippen LogP contribution is 2.24. The van der Waals surface area contributed by atoms with E-state index in [1.165, 1.54) is 0 Å². The standard InChI is InChI=1S/C12H15BrO3/c1-8-12(16-8)11(14)7-15-6-9-2-4-10(13)5-3-9/h2-5,8,11-12,14H,6-7H2,1H3. The zero-order valence-corrected chi connectivity index (χ0v) is 10.7. The lowest BCUT2D eigenvalue weighted by Crippen LogP contribution is -2.22. The van der Waals surface area contributed by atoms with Crippen molar-refractivity contribution < 1.29 is 14.6 Å². The van der Waals surface area contributed by atoms with Crippen LogP contribution >= 0.6 is 15.9 Å². The van der Waals surface area contributed by atoms with E-state index in [1.807, 2.05) is 31.2 Å². The summed E-state index contributed by atoms with van der Waals surface area (Å²) in [6.45, 7) is 2.79. The van der Waals surface area contributed by atoms with Gasteiger partial charge in [0.05, 0.1) is 19.3 Å². The summed E-state index contributed by atoms with van der Waals surface area (Å²) in [5, 5.41) is 9.62. The predicted octanol–water partition coefficient (Wildman–Crippen LogP) is 2.11. The van der Waals surface area contributed by atoms with Gasteiger partial charge in [0.2, 0.25) is 0 Å². The van der Waals surface area contributed by atoms with Crippen LogP contribution in [0.15, 0.2) is 28.7 Å². The van der Waals surface area contributed by atoms with Crippen molar-refractivity contribution in [3.8, 4) is 0 Å². The molecule has 3 unspecified atom stereocenters. The summed E-state index contributed by atoms with van der Waals surface area (Å²) in [4.78, 5) is 0. The Labute approximate surface area is 104 Å². The van der Waals surface area contributed by atoms with Gasteiger partial charge in [0.25, 0.3) is 0 Å². The molecule has 1 aliphatic rings. The fraction of sp³-hybridized carbons (Fsp3) is 0.500. The molecular weight excluding hydrogens is 272 g/mol. The summed E-state index contributed by atoms with van der Waals surface area (Å²) < 4.78 is 11.6. The molecule has 1 aromatic rings. The van der Waals surface area contributed by atoms with Gasteiger partial charge in [-0.25, -0.2) is 0 Å². The molecule has 1 aliphatic heterocycles. The first kappa shape index (κ1) is 12.0. The zero-order valence-electron chi connectivity index (χ0n) is 9.10. The SMILES string of the molecule is CC1OC1C(O)COCc1ccc(Br)cc1. The van der Waals surface area contributed by atoms with Crippen molar-refractivity contribution in [2.45, 2.75) is 31.8 Å². The van der Waals surface area contributed by atoms with Crippen molar-refractivity contribution in [2.24, 2.45) is 0 Å². The molecule has 1 aromatic carbocycles. The van der Waals surface area contributed by atoms with Crippen molar-refractivity contribution in [1.29, 1.82) is 0 Å². The second kappa shape index (κ2) is 5.27. The molecule has 1 N–H and O–H groups in total. The molecule has 0 aliphatic carbocycles. The van der Waals surface area contributed by atoms with E-state index >= 15 is 0 Å². The Morgan fingerprint density at radius 3 is 2.62 bits per heavy atom. The number of hydrogen-bond donors (Lipinski definition) is 1. The van der Waals surface area contributed by atoms with E-state index in [-0.39, 0.29) is 12.2 Å². The zero-order chi connectivity index (χ0) is 11.5. The summed E-state index contributed by atoms with van der Waals surface area (Å²) in [5.74, 6) is 0. The lowest BCUT2D eigenvalue weighted by atomic mass is 10.2. The number of hydrogen-bond acceptors (Lipinski definition) is 3. The van der Waals surface area contributed by atoms with Gasteiger partial charge in [-0.3, -0.25) is 0 Å². The van der Waals surface area contributed by atoms with Crippen LogP contribution in [0.3, 0.4) is 0 Å². The molecular formula is C12H15BrO3. The van der Waals surface area contributed by atoms with Crippen LogP contribution in [0.4, 0.5) is 0 Å². The average Bonchev–Trinajstić information content (AvgIpc) is 2.98. The number of ether oxygens (including phenoxy) is 2. The smallest absolute Gasteiger partial charge is 0.112 e. The van der Waals surface area contributed by atoms with E-state index in [1.54, 1.807) is 0 Å². The third-order valence-electron chi connectivity index (χ3n) is 2.61. The van der Waals surface area contributed by atoms with Crippen LogP contribution < -0.4 is 0 Å². The van der Waals surface area contributed by atoms with Gasteiger partial charge in [-0.05, 0) is 24.6 Å². The fourth-order valence-electron chi connectivity index (χ4n) is 1.58. The lowest BCUT2D eigenvalue weighted by Gasteiger charge is -2.08. The van der Waals surface area contributed by atoms with E-state index in [9.17, 15) is 5.11 Å². The van der Waals surface area contributed by atoms with Crippen LogP contribution in [0.2, 0.25) is 0 Å². The van der Waals surface area contributed by atoms with Crippen molar-refractivity contribution >= 4 is 15.9 Å². The molecule has 1 fully saturated rings. The van der Waals surface area contributed by atoms with Gasteiger partial charge in [-0.1, -0.05) is 28.1 Å². The van der Waals surface area contributed by atoms with Crippen molar-refractivity contribution in [1.82, 2.24) is 0 Å². The summed E-state index contributed by atoms with van der Waals surface area (Å²) in [5.41, 5.74) is 1.10. The summed E-state index contributed by atoms with van der Waals surface area (Å²) in [6.07, 6.45) is -0.373. The number of rotatable bonds is 5. The maximum Gasteiger partial charge on any atom is 0.112 e. The molecule has 0 amide bonds. The number of benzene rings is 1. The molecule has 0 bridgehead atoms. The molecule has 1 heterocycles. The monoisotopic (exact) mass is 286 g/mol. The van der Waals surface area contributed by atoms with Gasteiger partial charge in [0.1, 0.15) is 12.2 Å². The highest BCUT2D eigenvalue weighted by molar-refractivity contribution is 9.10. The van der Waals surface area contributed by atoms with Gasteiger partial charge in [-0.15, -0.1) is 0 Å². The predicted molar refractivity (Wildman–Crippen MR) is 64.1 cm³/mol. The minimum Gasteiger partial charge on any atom is -0.388 e. The van der Waals surface area contributed by atoms with Gasteiger partial charge >= 0.3 is 0 Å². The lowest BCUT2D eigenvalue weighted by molar-refractivity contribution is 0.0148. The Morgan fingerprint density at radius 1 is 1.44 bits per heavy atom. The normalized spacial score (nSPS) is 25.4. The highest BCUT2D eigenvalue weighted by Gasteiger charge is 2.40. The van der Waals surface area contributed by atoms with E-state index in [0.717, 1.165) is 10.0 Å². The molecule has 16 heavy (non-hydrogen) atoms. The second-order valence-corrected chi connectivity index (χ2v) is 4.93. The molecule has 3 nitrogen and oxygen atoms in total. The minimum absolute atomic E-state index is 0.0371. The minimum atomic E-state index is -0.509. The molecule has 0 radical (unpaired) electrons. The number of aliphatic hydroxyl groups is 1. The maximum absolute atomic E-state index is 9.62. The van der Waals surface area contributed by atoms with Crippen LogP contribution in [-0.2, 0) is 16.1 Å². The van der Waals surface area contributed by atoms with E-state index < -0.39 is 6.10 Å². The third-order valence-corrected chi connectivity index (χ3v) is 3.14. The van der Waals surface area contributed by atoms with E-state index in [2.05, 4.69) is 15.9 Å². The fourth-order valence-corrected chi connectivity index (χ4v) is 1.84. The Kier molecular flexibility index (Phi) is 3.97. The average molecular weight is 287 g/mol. The van der Waals surface area contributed by atoms with E-state index in [0.29, 0.717) is 13.2 Å². The van der Waals surface area contributed by atoms with Gasteiger partial charge < -0.3 is 14.6 Å². The highest BCUT2D eigenvalue weighted by atomic mass is 79.9. The summed E-state index contributed by atoms with van der Waals surface area (Å²) in [7, 11) is 0. The van der Waals surface area contributed by atoms with Gasteiger partial charge in [-0.2, -0.15) is 0 Å². The van der Waals surface area contributed by atoms with Crippen LogP contribution in [-0.4, -0.2) is 30.0 Å². The molecule has 0 saturated carbocycles. The molecule has 0 spiro atoms. The number of epoxide rings is 1. The first-order chi connectivity index (χ1) is 7.66. The first-order valence-corrected chi connectivity index (χ1v) is 6.12. The van der Waals surface area contributed by atoms with Crippen LogP contribution in [0.25, 0.3) is 0 Å². The molecule has 0 aromatic heterocycles. The van der Waals surface area contributed by atoms with Crippen LogP contribution in [0, 0.1) is 0 Å². The molecule has 88 valence electrons. The van der Waals surface area contributed by atoms with Crippen LogP contribution in [0.5, 0.6) is 0 Å². The molecule has 1 saturated heterocycles. The molecule has 4 heteroatoms.